The molecule has 28 heteroatoms. The second kappa shape index (κ2) is 18.9. The van der Waals surface area contributed by atoms with Gasteiger partial charge in [-0.05, 0) is 5.53 Å². The summed E-state index contributed by atoms with van der Waals surface area (Å²) in [5.41, 5.74) is -5.28. The average molecular weight is 961 g/mol. The van der Waals surface area contributed by atoms with Gasteiger partial charge < -0.3 is 0 Å². The maximum absolute atomic E-state index is 15.4. The van der Waals surface area contributed by atoms with Crippen LogP contribution in [0.2, 0.25) is 0 Å². The third-order valence-corrected chi connectivity index (χ3v) is 9.52. The van der Waals surface area contributed by atoms with E-state index in [1.165, 1.54) is 17.0 Å². The lowest BCUT2D eigenvalue weighted by atomic mass is 9.12. The highest BCUT2D eigenvalue weighted by Crippen LogP contribution is 2.30. The lowest BCUT2D eigenvalue weighted by Crippen LogP contribution is -2.81. The summed E-state index contributed by atoms with van der Waals surface area (Å²) in [5.74, 6) is -71.9. The molecule has 1 aromatic heterocycles. The summed E-state index contributed by atoms with van der Waals surface area (Å²) in [6.45, 7) is -0.286. The van der Waals surface area contributed by atoms with Crippen molar-refractivity contribution in [2.75, 3.05) is 6.54 Å². The molecule has 344 valence electrons. The number of benzene rings is 5. The summed E-state index contributed by atoms with van der Waals surface area (Å²) in [7, 11) is 0. The van der Waals surface area contributed by atoms with Gasteiger partial charge in [0.2, 0.25) is 18.1 Å². The van der Waals surface area contributed by atoms with Gasteiger partial charge >= 0.3 is 0 Å². The summed E-state index contributed by atoms with van der Waals surface area (Å²) in [6, 6.07) is 8.80. The van der Waals surface area contributed by atoms with E-state index in [1.807, 2.05) is 6.07 Å². The molecule has 0 fully saturated rings. The number of Topliss-reactive ketones (excluding diaryl/α,β-unsaturated/α-hetero) is 2. The fraction of sp³-hybridized carbons (Fsp3) is 0.0526. The fourth-order valence-electron chi connectivity index (χ4n) is 6.68. The molecular formula is C38H12BF20N5O2. The Morgan fingerprint density at radius 3 is 1.09 bits per heavy atom. The van der Waals surface area contributed by atoms with E-state index in [0.717, 1.165) is 0 Å². The standard InChI is InChI=1S/C24BF20.C14H12N5O2/c26-5-1(6(27)14(35)21(42)13(5)34)25(2-7(28)15(36)22(43)16(37)8(2)29,3-9(30)17(38)23(44)18(39)10(3)31)4-11(32)19(40)24(45)20(41)12(4)33;15-18-17-9-13(20)12-8-16-6-7-19(12)10-14(21)11-4-2-1-3-5-11/h;1-8H,9-10H2/q-1;+1. The molecule has 0 radical (unpaired) electrons. The highest BCUT2D eigenvalue weighted by atomic mass is 19.2. The minimum Gasteiger partial charge on any atom is -0.287 e. The molecule has 0 aliphatic heterocycles. The van der Waals surface area contributed by atoms with E-state index in [1.54, 1.807) is 30.5 Å². The van der Waals surface area contributed by atoms with E-state index in [9.17, 15) is 62.3 Å². The van der Waals surface area contributed by atoms with E-state index < -0.39 is 144 Å². The molecule has 0 aliphatic rings. The molecule has 0 N–H and O–H groups in total. The van der Waals surface area contributed by atoms with Gasteiger partial charge in [-0.25, -0.2) is 87.8 Å². The molecule has 0 saturated heterocycles. The predicted molar refractivity (Wildman–Crippen MR) is 183 cm³/mol. The minimum absolute atomic E-state index is 0.0177. The zero-order chi connectivity index (χ0) is 49.4. The van der Waals surface area contributed by atoms with E-state index in [-0.39, 0.29) is 30.3 Å². The quantitative estimate of drug-likeness (QED) is 0.0163. The smallest absolute Gasteiger partial charge is 0.267 e. The average Bonchev–Trinajstić information content (AvgIpc) is 3.31. The predicted octanol–water partition coefficient (Wildman–Crippen LogP) is 7.59. The van der Waals surface area contributed by atoms with Crippen molar-refractivity contribution in [2.24, 2.45) is 5.11 Å². The molecule has 0 saturated carbocycles. The van der Waals surface area contributed by atoms with Crippen LogP contribution in [0, 0.1) is 116 Å². The van der Waals surface area contributed by atoms with Crippen LogP contribution in [-0.2, 0) is 6.54 Å². The molecule has 0 unspecified atom stereocenters. The van der Waals surface area contributed by atoms with Gasteiger partial charge in [-0.3, -0.25) is 14.6 Å². The topological polar surface area (TPSA) is 99.7 Å². The lowest BCUT2D eigenvalue weighted by molar-refractivity contribution is -0.685. The van der Waals surface area contributed by atoms with Crippen LogP contribution in [-0.4, -0.2) is 29.2 Å². The number of hydrogen-bond donors (Lipinski definition) is 0. The molecule has 0 spiro atoms. The first-order chi connectivity index (χ1) is 30.9. The Kier molecular flexibility index (Phi) is 14.2. The number of nitrogens with zero attached hydrogens (tertiary/aromatic N) is 5. The summed E-state index contributed by atoms with van der Waals surface area (Å²) in [6.07, 6.45) is -2.83. The largest absolute Gasteiger partial charge is 0.287 e. The number of carbonyl (C=O) groups is 2. The molecule has 7 nitrogen and oxygen atoms in total. The lowest BCUT2D eigenvalue weighted by Gasteiger charge is -2.44. The summed E-state index contributed by atoms with van der Waals surface area (Å²) >= 11 is 0. The van der Waals surface area contributed by atoms with Crippen LogP contribution >= 0.6 is 0 Å². The zero-order valence-electron chi connectivity index (χ0n) is 31.2. The number of rotatable bonds is 10. The van der Waals surface area contributed by atoms with Gasteiger partial charge in [0.25, 0.3) is 5.69 Å². The van der Waals surface area contributed by atoms with Crippen molar-refractivity contribution < 1.29 is 102 Å². The highest BCUT2D eigenvalue weighted by molar-refractivity contribution is 7.20. The van der Waals surface area contributed by atoms with Crippen molar-refractivity contribution in [3.05, 3.63) is 187 Å². The van der Waals surface area contributed by atoms with Gasteiger partial charge in [-0.2, -0.15) is 4.57 Å². The molecule has 0 aliphatic carbocycles. The second-order valence-electron chi connectivity index (χ2n) is 13.0. The van der Waals surface area contributed by atoms with Gasteiger partial charge in [-0.15, -0.1) is 21.9 Å². The van der Waals surface area contributed by atoms with Crippen molar-refractivity contribution in [3.8, 4) is 0 Å². The van der Waals surface area contributed by atoms with Crippen molar-refractivity contribution in [3.63, 3.8) is 0 Å². The van der Waals surface area contributed by atoms with E-state index in [2.05, 4.69) is 15.0 Å². The van der Waals surface area contributed by atoms with E-state index in [0.29, 0.717) is 5.56 Å². The molecule has 5 aromatic carbocycles. The second-order valence-corrected chi connectivity index (χ2v) is 13.0. The Balaban J connectivity index is 0.000000324. The van der Waals surface area contributed by atoms with Crippen LogP contribution in [0.25, 0.3) is 10.4 Å². The monoisotopic (exact) mass is 961 g/mol. The number of ketones is 2. The van der Waals surface area contributed by atoms with Gasteiger partial charge in [-0.1, -0.05) is 35.4 Å². The van der Waals surface area contributed by atoms with Gasteiger partial charge in [0.05, 0.1) is 12.7 Å². The molecule has 0 amide bonds. The Bertz CT molecular complexity index is 2660. The Labute approximate surface area is 351 Å². The van der Waals surface area contributed by atoms with E-state index in [4.69, 9.17) is 5.53 Å². The van der Waals surface area contributed by atoms with E-state index >= 15 is 35.1 Å². The van der Waals surface area contributed by atoms with Crippen LogP contribution in [0.4, 0.5) is 87.8 Å². The van der Waals surface area contributed by atoms with Gasteiger partial charge in [0.15, 0.2) is 76.0 Å². The normalized spacial score (nSPS) is 11.3. The first kappa shape index (κ1) is 49.5. The number of carbonyl (C=O) groups excluding carboxylic acids is 2. The van der Waals surface area contributed by atoms with Crippen LogP contribution in [0.3, 0.4) is 0 Å². The highest BCUT2D eigenvalue weighted by Gasteiger charge is 2.52. The van der Waals surface area contributed by atoms with Crippen molar-refractivity contribution in [1.29, 1.82) is 0 Å². The Morgan fingerprint density at radius 2 is 0.788 bits per heavy atom. The molecule has 0 atom stereocenters. The molecule has 0 bridgehead atoms. The number of hydrogen-bond acceptors (Lipinski definition) is 4. The Hall–Kier alpha value is -7.51. The van der Waals surface area contributed by atoms with Crippen molar-refractivity contribution in [2.45, 2.75) is 6.54 Å². The molecule has 6 rings (SSSR count). The van der Waals surface area contributed by atoms with Gasteiger partial charge in [0, 0.05) is 10.5 Å². The summed E-state index contributed by atoms with van der Waals surface area (Å²) < 4.78 is 295. The van der Waals surface area contributed by atoms with Crippen LogP contribution < -0.4 is 26.4 Å². The van der Waals surface area contributed by atoms with Crippen LogP contribution in [0.1, 0.15) is 20.8 Å². The Morgan fingerprint density at radius 1 is 0.485 bits per heavy atom. The SMILES string of the molecule is Fc1c(F)c(F)c([B-](c2c(F)c(F)c(F)c(F)c2F)(c2c(F)c(F)c(F)c(F)c2F)c2c(F)c(F)c(F)c(F)c2F)c(F)c1F.[N-]=[N+]=NCC(=O)c1cncc[n+]1CC(=O)c1ccccc1. The third kappa shape index (κ3) is 8.00. The van der Waals surface area contributed by atoms with Crippen LogP contribution in [0.5, 0.6) is 0 Å². The summed E-state index contributed by atoms with van der Waals surface area (Å²) in [5, 5.41) is 3.23. The number of aromatic nitrogens is 2. The minimum atomic E-state index is -7.22. The molecular weight excluding hydrogens is 949 g/mol. The van der Waals surface area contributed by atoms with Gasteiger partial charge in [0.1, 0.15) is 58.9 Å². The third-order valence-electron chi connectivity index (χ3n) is 9.52. The van der Waals surface area contributed by atoms with Crippen LogP contribution in [0.15, 0.2) is 54.0 Å². The van der Waals surface area contributed by atoms with Crippen molar-refractivity contribution in [1.82, 2.24) is 4.98 Å². The van der Waals surface area contributed by atoms with Crippen molar-refractivity contribution >= 4 is 39.6 Å². The molecule has 1 heterocycles. The first-order valence-electron chi connectivity index (χ1n) is 17.1. The summed E-state index contributed by atoms with van der Waals surface area (Å²) in [4.78, 5) is 30.5. The first-order valence-corrected chi connectivity index (χ1v) is 17.1. The maximum atomic E-state index is 15.4. The fourth-order valence-corrected chi connectivity index (χ4v) is 6.68. The molecule has 66 heavy (non-hydrogen) atoms. The molecule has 6 aromatic rings. The maximum Gasteiger partial charge on any atom is 0.267 e. The number of azide groups is 1. The zero-order valence-corrected chi connectivity index (χ0v) is 31.2. The number of halogens is 20.